The zero-order valence-corrected chi connectivity index (χ0v) is 40.7. The van der Waals surface area contributed by atoms with Crippen LogP contribution in [0.1, 0.15) is 181 Å². The molecule has 0 aromatic heterocycles. The van der Waals surface area contributed by atoms with Crippen LogP contribution >= 0.6 is 0 Å². The van der Waals surface area contributed by atoms with Gasteiger partial charge in [-0.05, 0) is 83.5 Å². The van der Waals surface area contributed by atoms with Crippen molar-refractivity contribution >= 4 is 5.91 Å². The first-order valence-corrected chi connectivity index (χ1v) is 25.6. The molecule has 0 aliphatic carbocycles. The Kier molecular flexibility index (Phi) is 41.1. The number of allylic oxidation sites excluding steroid dienone is 17. The number of hydrogen-bond acceptors (Lipinski definition) is 8. The van der Waals surface area contributed by atoms with E-state index in [-0.39, 0.29) is 12.5 Å². The lowest BCUT2D eigenvalue weighted by molar-refractivity contribution is -0.302. The van der Waals surface area contributed by atoms with Gasteiger partial charge in [-0.25, -0.2) is 0 Å². The van der Waals surface area contributed by atoms with E-state index in [1.807, 2.05) is 6.08 Å². The number of hydrogen-bond donors (Lipinski definition) is 6. The fourth-order valence-corrected chi connectivity index (χ4v) is 7.29. The van der Waals surface area contributed by atoms with E-state index < -0.39 is 49.5 Å². The van der Waals surface area contributed by atoms with Crippen LogP contribution in [0, 0.1) is 0 Å². The first-order chi connectivity index (χ1) is 31.8. The number of carbonyl (C=O) groups is 1. The first-order valence-electron chi connectivity index (χ1n) is 25.6. The summed E-state index contributed by atoms with van der Waals surface area (Å²) in [4.78, 5) is 13.0. The molecule has 1 fully saturated rings. The van der Waals surface area contributed by atoms with Crippen LogP contribution in [-0.2, 0) is 14.3 Å². The van der Waals surface area contributed by atoms with Crippen LogP contribution in [0.2, 0.25) is 0 Å². The summed E-state index contributed by atoms with van der Waals surface area (Å²) < 4.78 is 11.2. The molecule has 9 nitrogen and oxygen atoms in total. The summed E-state index contributed by atoms with van der Waals surface area (Å²) in [5.74, 6) is -0.199. The highest BCUT2D eigenvalue weighted by molar-refractivity contribution is 5.76. The van der Waals surface area contributed by atoms with E-state index in [0.717, 1.165) is 116 Å². The fourth-order valence-electron chi connectivity index (χ4n) is 7.29. The van der Waals surface area contributed by atoms with E-state index in [0.29, 0.717) is 6.42 Å². The minimum Gasteiger partial charge on any atom is -0.394 e. The number of aliphatic hydroxyl groups excluding tert-OH is 5. The number of nitrogens with one attached hydrogen (secondary N) is 1. The van der Waals surface area contributed by atoms with Gasteiger partial charge in [-0.15, -0.1) is 0 Å². The Bertz CT molecular complexity index is 1380. The molecule has 1 aliphatic heterocycles. The highest BCUT2D eigenvalue weighted by atomic mass is 16.7. The lowest BCUT2D eigenvalue weighted by Crippen LogP contribution is -2.60. The topological polar surface area (TPSA) is 149 Å². The van der Waals surface area contributed by atoms with Crippen LogP contribution in [0.5, 0.6) is 0 Å². The van der Waals surface area contributed by atoms with Gasteiger partial charge in [-0.2, -0.15) is 0 Å². The van der Waals surface area contributed by atoms with Crippen LogP contribution in [0.3, 0.4) is 0 Å². The molecule has 9 heteroatoms. The summed E-state index contributed by atoms with van der Waals surface area (Å²) in [6.45, 7) is 3.61. The van der Waals surface area contributed by atoms with Crippen LogP contribution in [0.15, 0.2) is 109 Å². The Morgan fingerprint density at radius 1 is 0.538 bits per heavy atom. The highest BCUT2D eigenvalue weighted by Crippen LogP contribution is 2.22. The molecular weight excluding hydrogens is 815 g/mol. The van der Waals surface area contributed by atoms with Gasteiger partial charge >= 0.3 is 0 Å². The van der Waals surface area contributed by atoms with Crippen molar-refractivity contribution in [2.75, 3.05) is 13.2 Å². The number of unbranched alkanes of at least 4 members (excludes halogenated alkanes) is 15. The van der Waals surface area contributed by atoms with Crippen molar-refractivity contribution in [2.24, 2.45) is 0 Å². The molecular formula is C56H93NO8. The normalized spacial score (nSPS) is 20.9. The minimum absolute atomic E-state index is 0.199. The van der Waals surface area contributed by atoms with Crippen molar-refractivity contribution in [1.82, 2.24) is 5.32 Å². The van der Waals surface area contributed by atoms with Crippen molar-refractivity contribution in [3.05, 3.63) is 109 Å². The van der Waals surface area contributed by atoms with Crippen LogP contribution in [0.4, 0.5) is 0 Å². The monoisotopic (exact) mass is 908 g/mol. The molecule has 0 saturated carbocycles. The molecule has 370 valence electrons. The number of amides is 1. The molecule has 1 rings (SSSR count). The molecule has 0 spiro atoms. The smallest absolute Gasteiger partial charge is 0.220 e. The lowest BCUT2D eigenvalue weighted by Gasteiger charge is -2.40. The third kappa shape index (κ3) is 34.8. The first kappa shape index (κ1) is 59.9. The molecule has 1 amide bonds. The standard InChI is InChI=1S/C56H93NO8/c1-3-5-7-9-11-13-15-16-17-18-19-20-21-22-23-24-25-26-27-28-29-30-31-32-33-34-36-38-40-42-44-46-52(60)57-49(48-64-56-55(63)54(62)53(61)51(47-58)65-56)50(59)45-43-41-39-37-35-14-12-10-8-6-4-2/h5,7,11,13,16-17,19-20,22-23,25-26,28-29,31-32,43,45,49-51,53-56,58-59,61-63H,3-4,6,8-10,12,14-15,18,21,24,27,30,33-42,44,46-48H2,1-2H3,(H,57,60)/b7-5-,13-11-,17-16-,20-19-,23-22-,26-25-,29-28-,32-31-,45-43+. The molecule has 6 N–H and O–H groups in total. The van der Waals surface area contributed by atoms with Gasteiger partial charge < -0.3 is 40.3 Å². The van der Waals surface area contributed by atoms with Gasteiger partial charge in [0.25, 0.3) is 0 Å². The Morgan fingerprint density at radius 3 is 1.42 bits per heavy atom. The Hall–Kier alpha value is -3.15. The summed E-state index contributed by atoms with van der Waals surface area (Å²) in [5.41, 5.74) is 0. The second-order valence-electron chi connectivity index (χ2n) is 17.2. The molecule has 0 bridgehead atoms. The van der Waals surface area contributed by atoms with Gasteiger partial charge in [-0.1, -0.05) is 200 Å². The molecule has 1 saturated heterocycles. The van der Waals surface area contributed by atoms with E-state index in [9.17, 15) is 30.3 Å². The van der Waals surface area contributed by atoms with Crippen LogP contribution in [0.25, 0.3) is 0 Å². The van der Waals surface area contributed by atoms with Crippen molar-refractivity contribution in [2.45, 2.75) is 224 Å². The number of aliphatic hydroxyl groups is 5. The van der Waals surface area contributed by atoms with Gasteiger partial charge in [0.2, 0.25) is 5.91 Å². The van der Waals surface area contributed by atoms with E-state index in [4.69, 9.17) is 9.47 Å². The fraction of sp³-hybridized carbons (Fsp3) is 0.661. The third-order valence-electron chi connectivity index (χ3n) is 11.4. The summed E-state index contributed by atoms with van der Waals surface area (Å²) >= 11 is 0. The third-order valence-corrected chi connectivity index (χ3v) is 11.4. The van der Waals surface area contributed by atoms with Gasteiger partial charge in [0.15, 0.2) is 6.29 Å². The average molecular weight is 908 g/mol. The summed E-state index contributed by atoms with van der Waals surface area (Å²) in [6.07, 6.45) is 58.5. The van der Waals surface area contributed by atoms with E-state index in [1.165, 1.54) is 44.9 Å². The molecule has 0 radical (unpaired) electrons. The molecule has 7 atom stereocenters. The maximum Gasteiger partial charge on any atom is 0.220 e. The van der Waals surface area contributed by atoms with Crippen LogP contribution < -0.4 is 5.32 Å². The predicted octanol–water partition coefficient (Wildman–Crippen LogP) is 11.8. The van der Waals surface area contributed by atoms with Crippen molar-refractivity contribution in [3.63, 3.8) is 0 Å². The second-order valence-corrected chi connectivity index (χ2v) is 17.2. The van der Waals surface area contributed by atoms with Crippen molar-refractivity contribution in [3.8, 4) is 0 Å². The van der Waals surface area contributed by atoms with Crippen molar-refractivity contribution < 1.29 is 39.8 Å². The maximum atomic E-state index is 13.0. The number of ether oxygens (including phenoxy) is 2. The second kappa shape index (κ2) is 44.7. The van der Waals surface area contributed by atoms with Gasteiger partial charge in [0.05, 0.1) is 25.4 Å². The summed E-state index contributed by atoms with van der Waals surface area (Å²) in [5, 5.41) is 54.2. The SMILES string of the molecule is CC/C=C\C/C=C\C/C=C\C/C=C\C/C=C\C/C=C\C/C=C\C/C=C\CCCCCCCCC(=O)NC(COC1OC(CO)C(O)C(O)C1O)C(O)/C=C/CCCCCCCCCCC. The zero-order chi connectivity index (χ0) is 47.3. The molecule has 1 aliphatic rings. The van der Waals surface area contributed by atoms with Gasteiger partial charge in [0.1, 0.15) is 24.4 Å². The quantitative estimate of drug-likeness (QED) is 0.0262. The van der Waals surface area contributed by atoms with E-state index in [2.05, 4.69) is 116 Å². The Morgan fingerprint density at radius 2 is 0.954 bits per heavy atom. The minimum atomic E-state index is -1.57. The van der Waals surface area contributed by atoms with E-state index >= 15 is 0 Å². The Labute approximate surface area is 396 Å². The number of carbonyl (C=O) groups excluding carboxylic acids is 1. The summed E-state index contributed by atoms with van der Waals surface area (Å²) in [7, 11) is 0. The van der Waals surface area contributed by atoms with E-state index in [1.54, 1.807) is 6.08 Å². The summed E-state index contributed by atoms with van der Waals surface area (Å²) in [6, 6.07) is -0.819. The lowest BCUT2D eigenvalue weighted by atomic mass is 9.99. The Balaban J connectivity index is 2.24. The average Bonchev–Trinajstić information content (AvgIpc) is 3.31. The largest absolute Gasteiger partial charge is 0.394 e. The van der Waals surface area contributed by atoms with Crippen LogP contribution in [-0.4, -0.2) is 87.5 Å². The zero-order valence-electron chi connectivity index (χ0n) is 40.7. The van der Waals surface area contributed by atoms with Gasteiger partial charge in [0, 0.05) is 6.42 Å². The molecule has 65 heavy (non-hydrogen) atoms. The molecule has 1 heterocycles. The highest BCUT2D eigenvalue weighted by Gasteiger charge is 2.44. The number of rotatable bonds is 41. The molecule has 0 aromatic rings. The van der Waals surface area contributed by atoms with Gasteiger partial charge in [-0.3, -0.25) is 4.79 Å². The maximum absolute atomic E-state index is 13.0. The molecule has 0 aromatic carbocycles. The molecule has 7 unspecified atom stereocenters. The predicted molar refractivity (Wildman–Crippen MR) is 271 cm³/mol. The van der Waals surface area contributed by atoms with Crippen molar-refractivity contribution in [1.29, 1.82) is 0 Å².